The Kier molecular flexibility index (Phi) is 4.62. The molecule has 0 fully saturated rings. The Bertz CT molecular complexity index is 592. The van der Waals surface area contributed by atoms with E-state index in [1.807, 2.05) is 6.92 Å². The van der Waals surface area contributed by atoms with Crippen molar-refractivity contribution in [3.05, 3.63) is 47.3 Å². The minimum Gasteiger partial charge on any atom is -0.310 e. The van der Waals surface area contributed by atoms with E-state index < -0.39 is 11.7 Å². The number of nitrogens with one attached hydrogen (secondary N) is 1. The topological polar surface area (TPSA) is 42.7 Å². The summed E-state index contributed by atoms with van der Waals surface area (Å²) in [5.41, 5.74) is 0.695. The monoisotopic (exact) mass is 298 g/mol. The molecular weight excluding hydrogens is 281 g/mol. The molecule has 1 aromatic heterocycles. The van der Waals surface area contributed by atoms with E-state index in [1.54, 1.807) is 24.0 Å². The molecule has 114 valence electrons. The van der Waals surface area contributed by atoms with Crippen molar-refractivity contribution in [1.82, 2.24) is 20.3 Å². The lowest BCUT2D eigenvalue weighted by Crippen LogP contribution is -2.23. The SMILES string of the molecule is CCNC(Cc1cn(C)nn1)c1cccc(C(F)(F)F)c1. The number of nitrogens with zero attached hydrogens (tertiary/aromatic N) is 3. The Morgan fingerprint density at radius 1 is 1.33 bits per heavy atom. The zero-order chi connectivity index (χ0) is 15.5. The smallest absolute Gasteiger partial charge is 0.310 e. The number of hydrogen-bond donors (Lipinski definition) is 1. The van der Waals surface area contributed by atoms with Crippen LogP contribution in [0.15, 0.2) is 30.5 Å². The first-order chi connectivity index (χ1) is 9.90. The molecule has 0 radical (unpaired) electrons. The van der Waals surface area contributed by atoms with Crippen molar-refractivity contribution in [2.75, 3.05) is 6.54 Å². The number of halogens is 3. The molecule has 7 heteroatoms. The van der Waals surface area contributed by atoms with Gasteiger partial charge in [-0.05, 0) is 24.2 Å². The highest BCUT2D eigenvalue weighted by Gasteiger charge is 2.31. The van der Waals surface area contributed by atoms with E-state index in [0.29, 0.717) is 18.5 Å². The minimum atomic E-state index is -4.33. The lowest BCUT2D eigenvalue weighted by molar-refractivity contribution is -0.137. The molecular formula is C14H17F3N4. The summed E-state index contributed by atoms with van der Waals surface area (Å²) in [4.78, 5) is 0. The van der Waals surface area contributed by atoms with E-state index in [4.69, 9.17) is 0 Å². The van der Waals surface area contributed by atoms with Gasteiger partial charge < -0.3 is 5.32 Å². The number of alkyl halides is 3. The maximum Gasteiger partial charge on any atom is 0.416 e. The van der Waals surface area contributed by atoms with Gasteiger partial charge in [0.1, 0.15) is 0 Å². The molecule has 21 heavy (non-hydrogen) atoms. The lowest BCUT2D eigenvalue weighted by Gasteiger charge is -2.18. The molecule has 0 spiro atoms. The second kappa shape index (κ2) is 6.26. The maximum atomic E-state index is 12.8. The van der Waals surface area contributed by atoms with Crippen molar-refractivity contribution in [3.8, 4) is 0 Å². The summed E-state index contributed by atoms with van der Waals surface area (Å²) in [5.74, 6) is 0. The van der Waals surface area contributed by atoms with E-state index in [0.717, 1.165) is 11.8 Å². The zero-order valence-corrected chi connectivity index (χ0v) is 11.9. The van der Waals surface area contributed by atoms with Crippen LogP contribution in [0.25, 0.3) is 0 Å². The van der Waals surface area contributed by atoms with Crippen LogP contribution in [-0.4, -0.2) is 21.5 Å². The fourth-order valence-corrected chi connectivity index (χ4v) is 2.18. The van der Waals surface area contributed by atoms with E-state index >= 15 is 0 Å². The molecule has 4 nitrogen and oxygen atoms in total. The van der Waals surface area contributed by atoms with Crippen molar-refractivity contribution in [1.29, 1.82) is 0 Å². The van der Waals surface area contributed by atoms with Gasteiger partial charge in [-0.2, -0.15) is 13.2 Å². The van der Waals surface area contributed by atoms with Crippen molar-refractivity contribution in [2.24, 2.45) is 7.05 Å². The van der Waals surface area contributed by atoms with Gasteiger partial charge in [0.25, 0.3) is 0 Å². The summed E-state index contributed by atoms with van der Waals surface area (Å²) >= 11 is 0. The highest BCUT2D eigenvalue weighted by Crippen LogP contribution is 2.31. The Hall–Kier alpha value is -1.89. The van der Waals surface area contributed by atoms with Gasteiger partial charge in [0.2, 0.25) is 0 Å². The number of hydrogen-bond acceptors (Lipinski definition) is 3. The van der Waals surface area contributed by atoms with Gasteiger partial charge in [-0.25, -0.2) is 0 Å². The molecule has 0 amide bonds. The van der Waals surface area contributed by atoms with Crippen LogP contribution in [0.5, 0.6) is 0 Å². The molecule has 2 rings (SSSR count). The molecule has 0 saturated heterocycles. The average Bonchev–Trinajstić information content (AvgIpc) is 2.83. The quantitative estimate of drug-likeness (QED) is 0.923. The zero-order valence-electron chi connectivity index (χ0n) is 11.9. The minimum absolute atomic E-state index is 0.228. The highest BCUT2D eigenvalue weighted by atomic mass is 19.4. The van der Waals surface area contributed by atoms with Gasteiger partial charge in [0.05, 0.1) is 11.3 Å². The number of rotatable bonds is 5. The molecule has 1 atom stereocenters. The van der Waals surface area contributed by atoms with Crippen molar-refractivity contribution >= 4 is 0 Å². The van der Waals surface area contributed by atoms with Crippen LogP contribution in [0.4, 0.5) is 13.2 Å². The summed E-state index contributed by atoms with van der Waals surface area (Å²) in [6, 6.07) is 5.16. The molecule has 0 saturated carbocycles. The summed E-state index contributed by atoms with van der Waals surface area (Å²) in [5, 5.41) is 11.0. The third kappa shape index (κ3) is 4.04. The van der Waals surface area contributed by atoms with Crippen molar-refractivity contribution in [3.63, 3.8) is 0 Å². The molecule has 0 aliphatic heterocycles. The first-order valence-electron chi connectivity index (χ1n) is 6.66. The van der Waals surface area contributed by atoms with Gasteiger partial charge in [-0.15, -0.1) is 5.10 Å². The predicted molar refractivity (Wildman–Crippen MR) is 72.6 cm³/mol. The Labute approximate surface area is 121 Å². The Balaban J connectivity index is 2.25. The molecule has 0 aliphatic rings. The number of aromatic nitrogens is 3. The molecule has 1 heterocycles. The van der Waals surface area contributed by atoms with Gasteiger partial charge in [-0.1, -0.05) is 24.3 Å². The third-order valence-electron chi connectivity index (χ3n) is 3.13. The molecule has 1 unspecified atom stereocenters. The second-order valence-corrected chi connectivity index (χ2v) is 4.82. The van der Waals surface area contributed by atoms with Crippen molar-refractivity contribution < 1.29 is 13.2 Å². The standard InChI is InChI=1S/C14H17F3N4/c1-3-18-13(8-12-9-21(2)20-19-12)10-5-4-6-11(7-10)14(15,16)17/h4-7,9,13,18H,3,8H2,1-2H3. The third-order valence-corrected chi connectivity index (χ3v) is 3.13. The summed E-state index contributed by atoms with van der Waals surface area (Å²) in [6.45, 7) is 2.57. The van der Waals surface area contributed by atoms with Crippen LogP contribution in [0, 0.1) is 0 Å². The predicted octanol–water partition coefficient (Wildman–Crippen LogP) is 2.73. The molecule has 0 aliphatic carbocycles. The summed E-state index contributed by atoms with van der Waals surface area (Å²) in [6.07, 6.45) is -2.08. The van der Waals surface area contributed by atoms with Gasteiger partial charge in [-0.3, -0.25) is 4.68 Å². The van der Waals surface area contributed by atoms with E-state index in [-0.39, 0.29) is 6.04 Å². The Morgan fingerprint density at radius 3 is 2.67 bits per heavy atom. The van der Waals surface area contributed by atoms with E-state index in [2.05, 4.69) is 15.6 Å². The maximum absolute atomic E-state index is 12.8. The molecule has 2 aromatic rings. The first-order valence-corrected chi connectivity index (χ1v) is 6.66. The first kappa shape index (κ1) is 15.5. The van der Waals surface area contributed by atoms with Crippen LogP contribution < -0.4 is 5.32 Å². The van der Waals surface area contributed by atoms with Crippen LogP contribution >= 0.6 is 0 Å². The summed E-state index contributed by atoms with van der Waals surface area (Å²) < 4.78 is 40.0. The largest absolute Gasteiger partial charge is 0.416 e. The normalized spacial score (nSPS) is 13.4. The van der Waals surface area contributed by atoms with Crippen LogP contribution in [0.3, 0.4) is 0 Å². The van der Waals surface area contributed by atoms with E-state index in [9.17, 15) is 13.2 Å². The van der Waals surface area contributed by atoms with Crippen LogP contribution in [-0.2, 0) is 19.6 Å². The average molecular weight is 298 g/mol. The fourth-order valence-electron chi connectivity index (χ4n) is 2.18. The lowest BCUT2D eigenvalue weighted by atomic mass is 10.00. The van der Waals surface area contributed by atoms with Crippen LogP contribution in [0.2, 0.25) is 0 Å². The van der Waals surface area contributed by atoms with Gasteiger partial charge >= 0.3 is 6.18 Å². The second-order valence-electron chi connectivity index (χ2n) is 4.82. The molecule has 0 bridgehead atoms. The molecule has 1 N–H and O–H groups in total. The molecule has 1 aromatic carbocycles. The van der Waals surface area contributed by atoms with Gasteiger partial charge in [0.15, 0.2) is 0 Å². The van der Waals surface area contributed by atoms with Gasteiger partial charge in [0, 0.05) is 25.7 Å². The number of benzene rings is 1. The number of likely N-dealkylation sites (N-methyl/N-ethyl adjacent to an activating group) is 1. The fraction of sp³-hybridized carbons (Fsp3) is 0.429. The van der Waals surface area contributed by atoms with Crippen LogP contribution in [0.1, 0.15) is 29.8 Å². The van der Waals surface area contributed by atoms with E-state index in [1.165, 1.54) is 12.1 Å². The number of aryl methyl sites for hydroxylation is 1. The highest BCUT2D eigenvalue weighted by molar-refractivity contribution is 5.28. The summed E-state index contributed by atoms with van der Waals surface area (Å²) in [7, 11) is 1.75. The Morgan fingerprint density at radius 2 is 2.10 bits per heavy atom. The van der Waals surface area contributed by atoms with Crippen molar-refractivity contribution in [2.45, 2.75) is 25.6 Å².